The Morgan fingerprint density at radius 3 is 2.81 bits per heavy atom. The minimum Gasteiger partial charge on any atom is -0.357 e. The van der Waals surface area contributed by atoms with Gasteiger partial charge in [-0.1, -0.05) is 0 Å². The molecular weight excluding hydrogens is 204 g/mol. The van der Waals surface area contributed by atoms with E-state index in [0.29, 0.717) is 5.95 Å². The topological polar surface area (TPSA) is 103 Å². The average molecular weight is 222 g/mol. The third-order valence-corrected chi connectivity index (χ3v) is 3.09. The van der Waals surface area contributed by atoms with Crippen LogP contribution in [0, 0.1) is 0 Å². The number of anilines is 1. The molecule has 3 atom stereocenters. The molecule has 0 aliphatic heterocycles. The predicted molar refractivity (Wildman–Crippen MR) is 61.9 cm³/mol. The molecule has 1 fully saturated rings. The van der Waals surface area contributed by atoms with Crippen molar-refractivity contribution in [3.8, 4) is 0 Å². The Morgan fingerprint density at radius 2 is 2.12 bits per heavy atom. The van der Waals surface area contributed by atoms with Gasteiger partial charge in [-0.25, -0.2) is 9.97 Å². The first-order valence-electron chi connectivity index (χ1n) is 5.58. The van der Waals surface area contributed by atoms with Gasteiger partial charge in [-0.2, -0.15) is 4.98 Å². The number of nitrogens with one attached hydrogen (secondary N) is 1. The monoisotopic (exact) mass is 222 g/mol. The summed E-state index contributed by atoms with van der Waals surface area (Å²) >= 11 is 0. The van der Waals surface area contributed by atoms with Gasteiger partial charge < -0.3 is 16.8 Å². The van der Waals surface area contributed by atoms with E-state index in [4.69, 9.17) is 11.5 Å². The van der Waals surface area contributed by atoms with Crippen molar-refractivity contribution in [2.75, 3.05) is 12.4 Å². The largest absolute Gasteiger partial charge is 0.357 e. The molecule has 0 radical (unpaired) electrons. The molecule has 3 unspecified atom stereocenters. The van der Waals surface area contributed by atoms with E-state index in [-0.39, 0.29) is 18.0 Å². The highest BCUT2D eigenvalue weighted by Crippen LogP contribution is 2.29. The first-order valence-corrected chi connectivity index (χ1v) is 5.58. The number of hydrogen-bond acceptors (Lipinski definition) is 6. The van der Waals surface area contributed by atoms with E-state index in [2.05, 4.69) is 20.3 Å². The fraction of sp³-hybridized carbons (Fsp3) is 0.700. The van der Waals surface area contributed by atoms with Crippen LogP contribution in [-0.2, 0) is 0 Å². The SMILES string of the molecule is CNc1ncnc(C2CCC(N)CC2N)n1. The Morgan fingerprint density at radius 1 is 1.31 bits per heavy atom. The van der Waals surface area contributed by atoms with Crippen LogP contribution >= 0.6 is 0 Å². The lowest BCUT2D eigenvalue weighted by atomic mass is 9.82. The number of nitrogens with two attached hydrogens (primary N) is 2. The molecule has 1 heterocycles. The van der Waals surface area contributed by atoms with E-state index in [0.717, 1.165) is 25.1 Å². The summed E-state index contributed by atoms with van der Waals surface area (Å²) in [7, 11) is 1.79. The first-order chi connectivity index (χ1) is 7.70. The molecule has 0 spiro atoms. The fourth-order valence-corrected chi connectivity index (χ4v) is 2.17. The van der Waals surface area contributed by atoms with E-state index in [9.17, 15) is 0 Å². The molecule has 6 nitrogen and oxygen atoms in total. The van der Waals surface area contributed by atoms with Gasteiger partial charge in [0.05, 0.1) is 0 Å². The zero-order valence-electron chi connectivity index (χ0n) is 9.43. The lowest BCUT2D eigenvalue weighted by Crippen LogP contribution is -2.41. The molecule has 16 heavy (non-hydrogen) atoms. The van der Waals surface area contributed by atoms with Crippen LogP contribution in [0.15, 0.2) is 6.33 Å². The average Bonchev–Trinajstić information content (AvgIpc) is 2.29. The number of hydrogen-bond donors (Lipinski definition) is 3. The molecule has 6 heteroatoms. The van der Waals surface area contributed by atoms with E-state index >= 15 is 0 Å². The van der Waals surface area contributed by atoms with Crippen molar-refractivity contribution >= 4 is 5.95 Å². The van der Waals surface area contributed by atoms with E-state index in [1.807, 2.05) is 0 Å². The van der Waals surface area contributed by atoms with Crippen LogP contribution < -0.4 is 16.8 Å². The fourth-order valence-electron chi connectivity index (χ4n) is 2.17. The molecule has 1 aromatic heterocycles. The van der Waals surface area contributed by atoms with Crippen molar-refractivity contribution < 1.29 is 0 Å². The molecule has 0 amide bonds. The van der Waals surface area contributed by atoms with E-state index < -0.39 is 0 Å². The summed E-state index contributed by atoms with van der Waals surface area (Å²) in [5.41, 5.74) is 12.0. The van der Waals surface area contributed by atoms with Crippen LogP contribution in [0.3, 0.4) is 0 Å². The van der Waals surface area contributed by atoms with Crippen LogP contribution in [0.1, 0.15) is 31.0 Å². The summed E-state index contributed by atoms with van der Waals surface area (Å²) in [5, 5.41) is 2.90. The van der Waals surface area contributed by atoms with Gasteiger partial charge in [0, 0.05) is 25.0 Å². The molecule has 1 aromatic rings. The molecule has 2 rings (SSSR count). The standard InChI is InChI=1S/C10H18N6/c1-13-10-15-5-14-9(16-10)7-3-2-6(11)4-8(7)12/h5-8H,2-4,11-12H2,1H3,(H,13,14,15,16). The predicted octanol–water partition coefficient (Wildman–Crippen LogP) is -0.165. The minimum absolute atomic E-state index is 0.0517. The van der Waals surface area contributed by atoms with Crippen molar-refractivity contribution in [2.45, 2.75) is 37.3 Å². The summed E-state index contributed by atoms with van der Waals surface area (Å²) in [6.45, 7) is 0. The molecule has 88 valence electrons. The van der Waals surface area contributed by atoms with E-state index in [1.54, 1.807) is 7.05 Å². The Kier molecular flexibility index (Phi) is 3.31. The summed E-state index contributed by atoms with van der Waals surface area (Å²) in [6, 6.07) is 0.271. The van der Waals surface area contributed by atoms with Gasteiger partial charge in [0.15, 0.2) is 0 Å². The van der Waals surface area contributed by atoms with Crippen LogP contribution in [0.5, 0.6) is 0 Å². The van der Waals surface area contributed by atoms with Gasteiger partial charge >= 0.3 is 0 Å². The van der Waals surface area contributed by atoms with Crippen LogP contribution in [0.4, 0.5) is 5.95 Å². The maximum Gasteiger partial charge on any atom is 0.225 e. The molecule has 1 aliphatic rings. The zero-order chi connectivity index (χ0) is 11.5. The van der Waals surface area contributed by atoms with Crippen molar-refractivity contribution in [3.05, 3.63) is 12.2 Å². The molecule has 5 N–H and O–H groups in total. The van der Waals surface area contributed by atoms with Crippen molar-refractivity contribution in [1.29, 1.82) is 0 Å². The lowest BCUT2D eigenvalue weighted by molar-refractivity contribution is 0.337. The van der Waals surface area contributed by atoms with E-state index in [1.165, 1.54) is 6.33 Å². The van der Waals surface area contributed by atoms with Crippen LogP contribution in [0.25, 0.3) is 0 Å². The first kappa shape index (κ1) is 11.2. The number of rotatable bonds is 2. The summed E-state index contributed by atoms with van der Waals surface area (Å²) in [6.07, 6.45) is 4.30. The summed E-state index contributed by atoms with van der Waals surface area (Å²) < 4.78 is 0. The van der Waals surface area contributed by atoms with Gasteiger partial charge in [-0.05, 0) is 19.3 Å². The molecule has 1 aliphatic carbocycles. The van der Waals surface area contributed by atoms with Crippen LogP contribution in [-0.4, -0.2) is 34.1 Å². The second-order valence-electron chi connectivity index (χ2n) is 4.26. The Hall–Kier alpha value is -1.27. The molecular formula is C10H18N6. The molecule has 0 saturated heterocycles. The summed E-state index contributed by atoms with van der Waals surface area (Å²) in [4.78, 5) is 12.5. The van der Waals surface area contributed by atoms with Crippen LogP contribution in [0.2, 0.25) is 0 Å². The second kappa shape index (κ2) is 4.71. The smallest absolute Gasteiger partial charge is 0.225 e. The highest BCUT2D eigenvalue weighted by Gasteiger charge is 2.29. The number of nitrogens with zero attached hydrogens (tertiary/aromatic N) is 3. The molecule has 1 saturated carbocycles. The van der Waals surface area contributed by atoms with Gasteiger partial charge in [-0.15, -0.1) is 0 Å². The van der Waals surface area contributed by atoms with Crippen molar-refractivity contribution in [1.82, 2.24) is 15.0 Å². The van der Waals surface area contributed by atoms with Gasteiger partial charge in [0.25, 0.3) is 0 Å². The van der Waals surface area contributed by atoms with Crippen molar-refractivity contribution in [2.24, 2.45) is 11.5 Å². The maximum atomic E-state index is 6.09. The van der Waals surface area contributed by atoms with Gasteiger partial charge in [-0.3, -0.25) is 0 Å². The third-order valence-electron chi connectivity index (χ3n) is 3.09. The Balaban J connectivity index is 2.16. The minimum atomic E-state index is 0.0517. The Bertz CT molecular complexity index is 355. The Labute approximate surface area is 94.9 Å². The quantitative estimate of drug-likeness (QED) is 0.642. The maximum absolute atomic E-state index is 6.09. The van der Waals surface area contributed by atoms with Gasteiger partial charge in [0.2, 0.25) is 5.95 Å². The zero-order valence-corrected chi connectivity index (χ0v) is 9.43. The molecule has 0 bridgehead atoms. The second-order valence-corrected chi connectivity index (χ2v) is 4.26. The third kappa shape index (κ3) is 2.28. The van der Waals surface area contributed by atoms with Gasteiger partial charge in [0.1, 0.15) is 12.2 Å². The normalized spacial score (nSPS) is 30.1. The number of aromatic nitrogens is 3. The lowest BCUT2D eigenvalue weighted by Gasteiger charge is -2.31. The molecule has 0 aromatic carbocycles. The highest BCUT2D eigenvalue weighted by molar-refractivity contribution is 5.22. The summed E-state index contributed by atoms with van der Waals surface area (Å²) in [5.74, 6) is 1.57. The van der Waals surface area contributed by atoms with Crippen molar-refractivity contribution in [3.63, 3.8) is 0 Å². The highest BCUT2D eigenvalue weighted by atomic mass is 15.1.